The second-order valence-corrected chi connectivity index (χ2v) is 20.3. The molecule has 2 unspecified atom stereocenters. The molecule has 0 aliphatic heterocycles. The summed E-state index contributed by atoms with van der Waals surface area (Å²) in [4.78, 5) is 24.5. The van der Waals surface area contributed by atoms with Gasteiger partial charge in [-0.2, -0.15) is 0 Å². The van der Waals surface area contributed by atoms with Crippen LogP contribution in [0.3, 0.4) is 0 Å². The van der Waals surface area contributed by atoms with E-state index in [0.717, 1.165) is 51.4 Å². The molecule has 0 saturated carbocycles. The molecule has 0 spiro atoms. The molecule has 0 rings (SSSR count). The van der Waals surface area contributed by atoms with Crippen molar-refractivity contribution < 1.29 is 24.5 Å². The van der Waals surface area contributed by atoms with Crippen LogP contribution in [-0.4, -0.2) is 47.4 Å². The lowest BCUT2D eigenvalue weighted by Crippen LogP contribution is -2.45. The summed E-state index contributed by atoms with van der Waals surface area (Å²) in [5, 5.41) is 23.2. The third-order valence-corrected chi connectivity index (χ3v) is 13.7. The standard InChI is InChI=1S/C61H115NO5/c1-3-5-7-9-11-13-15-17-19-20-23-26-29-33-37-41-45-49-53-59(64)58(57-63)62-60(65)54-50-46-42-38-34-30-27-24-21-22-25-28-32-36-40-44-48-52-56-67-61(66)55-51-47-43-39-35-31-18-16-14-12-10-8-6-4-2/h10,12,16,18,49,53,58-59,63-64H,3-9,11,13-15,17,19-48,50-52,54-57H2,1-2H3,(H,62,65)/b12-10-,18-16-,53-49+. The maximum atomic E-state index is 12.5. The van der Waals surface area contributed by atoms with Crippen molar-refractivity contribution >= 4 is 11.9 Å². The highest BCUT2D eigenvalue weighted by Gasteiger charge is 2.18. The van der Waals surface area contributed by atoms with Crippen LogP contribution in [0.15, 0.2) is 36.5 Å². The quantitative estimate of drug-likeness (QED) is 0.0321. The van der Waals surface area contributed by atoms with Gasteiger partial charge < -0.3 is 20.3 Å². The zero-order chi connectivity index (χ0) is 48.6. The molecule has 3 N–H and O–H groups in total. The molecule has 0 aromatic carbocycles. The number of amides is 1. The number of hydrogen-bond donors (Lipinski definition) is 3. The first-order valence-corrected chi connectivity index (χ1v) is 29.8. The third kappa shape index (κ3) is 53.3. The van der Waals surface area contributed by atoms with E-state index in [-0.39, 0.29) is 18.5 Å². The minimum atomic E-state index is -0.848. The molecule has 0 fully saturated rings. The minimum Gasteiger partial charge on any atom is -0.466 e. The second-order valence-electron chi connectivity index (χ2n) is 20.3. The number of nitrogens with one attached hydrogen (secondary N) is 1. The van der Waals surface area contributed by atoms with E-state index in [4.69, 9.17) is 4.74 Å². The Kier molecular flexibility index (Phi) is 55.0. The molecule has 0 saturated heterocycles. The molecule has 0 bridgehead atoms. The zero-order valence-electron chi connectivity index (χ0n) is 44.9. The lowest BCUT2D eigenvalue weighted by Gasteiger charge is -2.20. The Morgan fingerprint density at radius 3 is 1.18 bits per heavy atom. The van der Waals surface area contributed by atoms with E-state index in [2.05, 4.69) is 43.5 Å². The van der Waals surface area contributed by atoms with Crippen LogP contribution in [0.4, 0.5) is 0 Å². The monoisotopic (exact) mass is 942 g/mol. The van der Waals surface area contributed by atoms with E-state index < -0.39 is 12.1 Å². The first kappa shape index (κ1) is 65.1. The summed E-state index contributed by atoms with van der Waals surface area (Å²) in [6.45, 7) is 4.86. The Bertz CT molecular complexity index is 1090. The average Bonchev–Trinajstić information content (AvgIpc) is 3.33. The number of hydrogen-bond acceptors (Lipinski definition) is 5. The lowest BCUT2D eigenvalue weighted by molar-refractivity contribution is -0.143. The van der Waals surface area contributed by atoms with Gasteiger partial charge in [-0.05, 0) is 57.8 Å². The molecule has 394 valence electrons. The SMILES string of the molecule is CCCC/C=C\C/C=C\CCCCCCCC(=O)OCCCCCCCCCCCCCCCCCCCCC(=O)NC(CO)C(O)/C=C/CCCCCCCCCCCCCCCCCC. The van der Waals surface area contributed by atoms with Gasteiger partial charge in [0.1, 0.15) is 0 Å². The highest BCUT2D eigenvalue weighted by Crippen LogP contribution is 2.17. The topological polar surface area (TPSA) is 95.9 Å². The van der Waals surface area contributed by atoms with E-state index in [9.17, 15) is 19.8 Å². The summed E-state index contributed by atoms with van der Waals surface area (Å²) in [6.07, 6.45) is 70.2. The van der Waals surface area contributed by atoms with Crippen LogP contribution in [0.5, 0.6) is 0 Å². The number of rotatable bonds is 55. The van der Waals surface area contributed by atoms with E-state index >= 15 is 0 Å². The maximum Gasteiger partial charge on any atom is 0.305 e. The van der Waals surface area contributed by atoms with Crippen molar-refractivity contribution in [2.75, 3.05) is 13.2 Å². The molecule has 0 heterocycles. The molecule has 0 aromatic heterocycles. The summed E-state index contributed by atoms with van der Waals surface area (Å²) in [7, 11) is 0. The Morgan fingerprint density at radius 1 is 0.418 bits per heavy atom. The zero-order valence-corrected chi connectivity index (χ0v) is 44.9. The van der Waals surface area contributed by atoms with Gasteiger partial charge in [-0.1, -0.05) is 281 Å². The molecule has 0 radical (unpaired) electrons. The summed E-state index contributed by atoms with van der Waals surface area (Å²) >= 11 is 0. The predicted octanol–water partition coefficient (Wildman–Crippen LogP) is 18.4. The van der Waals surface area contributed by atoms with Crippen LogP contribution in [0.25, 0.3) is 0 Å². The summed E-state index contributed by atoms with van der Waals surface area (Å²) in [6, 6.07) is -0.632. The van der Waals surface area contributed by atoms with Crippen molar-refractivity contribution in [2.24, 2.45) is 0 Å². The Labute approximate surface area is 417 Å². The van der Waals surface area contributed by atoms with Crippen molar-refractivity contribution in [3.05, 3.63) is 36.5 Å². The van der Waals surface area contributed by atoms with Crippen LogP contribution in [-0.2, 0) is 14.3 Å². The first-order valence-electron chi connectivity index (χ1n) is 29.8. The predicted molar refractivity (Wildman–Crippen MR) is 292 cm³/mol. The van der Waals surface area contributed by atoms with Gasteiger partial charge in [-0.3, -0.25) is 9.59 Å². The Morgan fingerprint density at radius 2 is 0.761 bits per heavy atom. The molecular weight excluding hydrogens is 827 g/mol. The second kappa shape index (κ2) is 56.7. The van der Waals surface area contributed by atoms with Gasteiger partial charge in [0, 0.05) is 12.8 Å². The summed E-state index contributed by atoms with van der Waals surface area (Å²) in [5.41, 5.74) is 0. The van der Waals surface area contributed by atoms with Crippen LogP contribution < -0.4 is 5.32 Å². The largest absolute Gasteiger partial charge is 0.466 e. The van der Waals surface area contributed by atoms with E-state index in [1.54, 1.807) is 6.08 Å². The smallest absolute Gasteiger partial charge is 0.305 e. The highest BCUT2D eigenvalue weighted by molar-refractivity contribution is 5.76. The fourth-order valence-electron chi connectivity index (χ4n) is 9.06. The molecule has 6 nitrogen and oxygen atoms in total. The van der Waals surface area contributed by atoms with Gasteiger partial charge in [-0.15, -0.1) is 0 Å². The number of unbranched alkanes of at least 4 members (excludes halogenated alkanes) is 40. The van der Waals surface area contributed by atoms with Gasteiger partial charge in [-0.25, -0.2) is 0 Å². The maximum absolute atomic E-state index is 12.5. The number of allylic oxidation sites excluding steroid dienone is 5. The molecule has 2 atom stereocenters. The van der Waals surface area contributed by atoms with Crippen LogP contribution >= 0.6 is 0 Å². The van der Waals surface area contributed by atoms with Gasteiger partial charge >= 0.3 is 5.97 Å². The van der Waals surface area contributed by atoms with Crippen LogP contribution in [0.2, 0.25) is 0 Å². The van der Waals surface area contributed by atoms with Crippen molar-refractivity contribution in [2.45, 2.75) is 328 Å². The Hall–Kier alpha value is -1.92. The summed E-state index contributed by atoms with van der Waals surface area (Å²) in [5.74, 6) is -0.0788. The molecule has 67 heavy (non-hydrogen) atoms. The molecule has 0 aromatic rings. The molecular formula is C61H115NO5. The van der Waals surface area contributed by atoms with Crippen molar-refractivity contribution in [3.63, 3.8) is 0 Å². The van der Waals surface area contributed by atoms with Crippen LogP contribution in [0, 0.1) is 0 Å². The molecule has 1 amide bonds. The number of aliphatic hydroxyl groups is 2. The van der Waals surface area contributed by atoms with Gasteiger partial charge in [0.15, 0.2) is 0 Å². The number of aliphatic hydroxyl groups excluding tert-OH is 2. The lowest BCUT2D eigenvalue weighted by atomic mass is 10.0. The number of esters is 1. The fourth-order valence-corrected chi connectivity index (χ4v) is 9.06. The van der Waals surface area contributed by atoms with Gasteiger partial charge in [0.05, 0.1) is 25.4 Å². The van der Waals surface area contributed by atoms with Crippen molar-refractivity contribution in [3.8, 4) is 0 Å². The average molecular weight is 943 g/mol. The van der Waals surface area contributed by atoms with Gasteiger partial charge in [0.25, 0.3) is 0 Å². The number of carbonyl (C=O) groups is 2. The van der Waals surface area contributed by atoms with Crippen molar-refractivity contribution in [1.29, 1.82) is 0 Å². The number of carbonyl (C=O) groups excluding carboxylic acids is 2. The third-order valence-electron chi connectivity index (χ3n) is 13.7. The normalized spacial score (nSPS) is 12.8. The fraction of sp³-hybridized carbons (Fsp3) is 0.869. The highest BCUT2D eigenvalue weighted by atomic mass is 16.5. The number of ether oxygens (including phenoxy) is 1. The minimum absolute atomic E-state index is 0.00813. The first-order chi connectivity index (χ1) is 33.0. The summed E-state index contributed by atoms with van der Waals surface area (Å²) < 4.78 is 5.47. The van der Waals surface area contributed by atoms with Crippen molar-refractivity contribution in [1.82, 2.24) is 5.32 Å². The Balaban J connectivity index is 3.45. The van der Waals surface area contributed by atoms with Gasteiger partial charge in [0.2, 0.25) is 5.91 Å². The van der Waals surface area contributed by atoms with E-state index in [1.165, 1.54) is 238 Å². The molecule has 0 aliphatic rings. The molecule has 6 heteroatoms. The van der Waals surface area contributed by atoms with E-state index in [0.29, 0.717) is 19.4 Å². The van der Waals surface area contributed by atoms with E-state index in [1.807, 2.05) is 6.08 Å². The molecule has 0 aliphatic carbocycles. The van der Waals surface area contributed by atoms with Crippen LogP contribution in [0.1, 0.15) is 316 Å².